The van der Waals surface area contributed by atoms with Gasteiger partial charge in [0, 0.05) is 43.5 Å². The number of hydrogen-bond acceptors (Lipinski definition) is 19. The number of aromatic amines is 1. The van der Waals surface area contributed by atoms with E-state index < -0.39 is 187 Å². The Hall–Kier alpha value is -9.05. The van der Waals surface area contributed by atoms with Crippen molar-refractivity contribution in [3.8, 4) is 0 Å². The normalized spacial score (nSPS) is 22.5. The van der Waals surface area contributed by atoms with Gasteiger partial charge >= 0.3 is 11.9 Å². The molecule has 0 saturated carbocycles. The van der Waals surface area contributed by atoms with E-state index >= 15 is 0 Å². The SMILES string of the molecule is CC[C@H](C)[C@H](N)C1=N[C@H](C(=O)N[C@@H](CC(C)C)C(=O)N[C@H](CCC(=O)O)C(=O)N[C@H](C(=O)NCCCC[C@@H]2NC(=O)[C@H](CC(N)=O)NC(=O)[C@@H](CC(=O)O)NC(=O)[C@H](Cc3cnc[nH]3)NC(=O)[C@@H](Cc3ccccc3)NC(=O)[C@H](C(C)C)NC(=O)[C@@H](CCCN)NC2=O)[C@@H](C)CC)CS1. The average molecular weight is 1410 g/mol. The molecular weight excluding hydrogens is 1310 g/mol. The molecule has 12 amide bonds. The fourth-order valence-electron chi connectivity index (χ4n) is 10.7. The number of aromatic nitrogens is 2. The minimum Gasteiger partial charge on any atom is -0.481 e. The molecule has 0 unspecified atom stereocenters. The molecule has 1 fully saturated rings. The summed E-state index contributed by atoms with van der Waals surface area (Å²) in [7, 11) is 0. The topological polar surface area (TPSA) is 531 Å². The van der Waals surface area contributed by atoms with E-state index in [-0.39, 0.29) is 82.3 Å². The Kier molecular flexibility index (Phi) is 34.4. The molecule has 548 valence electrons. The number of aliphatic carboxylic acids is 2. The summed E-state index contributed by atoms with van der Waals surface area (Å²) in [5.74, 6) is -15.2. The summed E-state index contributed by atoms with van der Waals surface area (Å²) in [6.45, 7) is 14.2. The van der Waals surface area contributed by atoms with Crippen LogP contribution in [-0.4, -0.2) is 199 Å². The number of carboxylic acids is 2. The third-order valence-corrected chi connectivity index (χ3v) is 18.1. The number of carboxylic acid groups (broad SMARTS) is 2. The van der Waals surface area contributed by atoms with Gasteiger partial charge < -0.3 is 90.9 Å². The summed E-state index contributed by atoms with van der Waals surface area (Å²) in [4.78, 5) is 205. The quantitative estimate of drug-likeness (QED) is 0.0335. The van der Waals surface area contributed by atoms with E-state index in [0.717, 1.165) is 6.42 Å². The second-order valence-electron chi connectivity index (χ2n) is 25.8. The molecule has 99 heavy (non-hydrogen) atoms. The third kappa shape index (κ3) is 27.7. The largest absolute Gasteiger partial charge is 0.481 e. The van der Waals surface area contributed by atoms with Gasteiger partial charge in [-0.2, -0.15) is 0 Å². The fraction of sp³-hybridized carbons (Fsp3) is 0.631. The number of rotatable bonds is 34. The lowest BCUT2D eigenvalue weighted by Gasteiger charge is -2.29. The van der Waals surface area contributed by atoms with Crippen molar-refractivity contribution in [2.24, 2.45) is 45.9 Å². The highest BCUT2D eigenvalue weighted by molar-refractivity contribution is 8.14. The van der Waals surface area contributed by atoms with Gasteiger partial charge in [-0.3, -0.25) is 72.1 Å². The minimum atomic E-state index is -2.00. The highest BCUT2D eigenvalue weighted by Gasteiger charge is 2.39. The molecule has 2 aliphatic heterocycles. The first-order valence-electron chi connectivity index (χ1n) is 33.6. The molecule has 1 saturated heterocycles. The monoisotopic (exact) mass is 1410 g/mol. The van der Waals surface area contributed by atoms with Gasteiger partial charge in [0.05, 0.1) is 30.3 Å². The van der Waals surface area contributed by atoms with Gasteiger partial charge in [0.1, 0.15) is 66.5 Å². The second-order valence-corrected chi connectivity index (χ2v) is 26.9. The number of nitrogens with one attached hydrogen (secondary N) is 12. The summed E-state index contributed by atoms with van der Waals surface area (Å²) >= 11 is 1.36. The van der Waals surface area contributed by atoms with Crippen molar-refractivity contribution in [2.75, 3.05) is 18.8 Å². The van der Waals surface area contributed by atoms with Gasteiger partial charge in [0.15, 0.2) is 0 Å². The molecule has 20 N–H and O–H groups in total. The second kappa shape index (κ2) is 41.4. The first-order chi connectivity index (χ1) is 46.8. The molecule has 1 aromatic heterocycles. The Bertz CT molecular complexity index is 3140. The van der Waals surface area contributed by atoms with Crippen molar-refractivity contribution >= 4 is 99.6 Å². The number of carbonyl (C=O) groups is 14. The van der Waals surface area contributed by atoms with Gasteiger partial charge in [-0.1, -0.05) is 98.6 Å². The Morgan fingerprint density at radius 3 is 1.73 bits per heavy atom. The van der Waals surface area contributed by atoms with Crippen LogP contribution in [-0.2, 0) is 80.0 Å². The predicted octanol–water partition coefficient (Wildman–Crippen LogP) is -2.07. The fourth-order valence-corrected chi connectivity index (χ4v) is 11.9. The molecule has 0 spiro atoms. The molecule has 0 aliphatic carbocycles. The number of hydrogen-bond donors (Lipinski definition) is 17. The number of amides is 12. The molecule has 34 heteroatoms. The molecule has 4 rings (SSSR count). The van der Waals surface area contributed by atoms with E-state index in [2.05, 4.69) is 73.4 Å². The number of imidazole rings is 1. The van der Waals surface area contributed by atoms with Crippen molar-refractivity contribution in [1.29, 1.82) is 0 Å². The lowest BCUT2D eigenvalue weighted by molar-refractivity contribution is -0.142. The van der Waals surface area contributed by atoms with Gasteiger partial charge in [0.2, 0.25) is 70.9 Å². The van der Waals surface area contributed by atoms with Crippen LogP contribution in [0.4, 0.5) is 0 Å². The van der Waals surface area contributed by atoms with Gasteiger partial charge in [-0.15, -0.1) is 11.8 Å². The van der Waals surface area contributed by atoms with Crippen LogP contribution in [0.25, 0.3) is 0 Å². The maximum Gasteiger partial charge on any atom is 0.305 e. The first-order valence-corrected chi connectivity index (χ1v) is 34.5. The van der Waals surface area contributed by atoms with Crippen LogP contribution in [0.3, 0.4) is 0 Å². The molecule has 2 aromatic rings. The van der Waals surface area contributed by atoms with E-state index in [0.29, 0.717) is 28.5 Å². The lowest BCUT2D eigenvalue weighted by Crippen LogP contribution is -2.61. The van der Waals surface area contributed by atoms with Crippen LogP contribution in [0.15, 0.2) is 47.8 Å². The standard InChI is InChI=1S/C65H101N17O16S/c1-9-35(7)51(68)65-80-47(31-99-65)62(96)75-42(25-33(3)4)57(91)74-41(21-22-49(84)85)56(90)82-53(36(8)10-2)63(97)70-24-15-14-19-39-54(88)72-40(20-16-23-66)55(89)81-52(34(5)6)64(98)79-43(26-37-17-12-11-13-18-37)58(92)76-44(27-38-30-69-32-71-38)59(93)78-46(29-50(86)87)61(95)77-45(28-48(67)83)60(94)73-39/h11-13,17-18,30,32-36,39-47,51-53H,9-10,14-16,19-29,31,66,68H2,1-8H3,(H2,67,83)(H,69,71)(H,70,97)(H,72,88)(H,73,94)(H,74,91)(H,75,96)(H,76,92)(H,77,95)(H,78,93)(H,79,98)(H,81,89)(H,82,90)(H,84,85)(H,86,87)/t35-,36-,39-,40+,41+,42-,43+,44-,45-,46+,47-,51-,52-,53-/m0/s1. The van der Waals surface area contributed by atoms with Crippen molar-refractivity contribution in [2.45, 2.75) is 218 Å². The summed E-state index contributed by atoms with van der Waals surface area (Å²) in [6.07, 6.45) is 0.247. The molecule has 0 bridgehead atoms. The molecule has 1 aromatic carbocycles. The third-order valence-electron chi connectivity index (χ3n) is 16.9. The van der Waals surface area contributed by atoms with E-state index in [1.807, 2.05) is 27.7 Å². The number of nitrogens with zero attached hydrogens (tertiary/aromatic N) is 2. The van der Waals surface area contributed by atoms with Crippen LogP contribution in [0.2, 0.25) is 0 Å². The number of thioether (sulfide) groups is 1. The van der Waals surface area contributed by atoms with Gasteiger partial charge in [-0.25, -0.2) is 4.98 Å². The van der Waals surface area contributed by atoms with Crippen LogP contribution in [0.1, 0.15) is 144 Å². The molecule has 0 radical (unpaired) electrons. The zero-order valence-electron chi connectivity index (χ0n) is 57.4. The number of nitrogens with two attached hydrogens (primary N) is 3. The Balaban J connectivity index is 1.65. The van der Waals surface area contributed by atoms with Crippen molar-refractivity contribution < 1.29 is 77.3 Å². The zero-order chi connectivity index (χ0) is 73.6. The first kappa shape index (κ1) is 82.4. The van der Waals surface area contributed by atoms with Gasteiger partial charge in [-0.05, 0) is 80.7 Å². The van der Waals surface area contributed by atoms with E-state index in [1.54, 1.807) is 58.0 Å². The Morgan fingerprint density at radius 1 is 0.626 bits per heavy atom. The lowest BCUT2D eigenvalue weighted by atomic mass is 9.97. The average Bonchev–Trinajstić information content (AvgIpc) is 1.61. The summed E-state index contributed by atoms with van der Waals surface area (Å²) in [6, 6.07) is -8.10. The number of aliphatic imine (C=N–C) groups is 1. The Morgan fingerprint density at radius 2 is 1.17 bits per heavy atom. The van der Waals surface area contributed by atoms with E-state index in [1.165, 1.54) is 24.3 Å². The molecular formula is C65H101N17O16S. The van der Waals surface area contributed by atoms with Crippen LogP contribution >= 0.6 is 11.8 Å². The molecule has 2 aliphatic rings. The zero-order valence-corrected chi connectivity index (χ0v) is 58.3. The smallest absolute Gasteiger partial charge is 0.305 e. The number of benzene rings is 1. The molecule has 33 nitrogen and oxygen atoms in total. The molecule has 14 atom stereocenters. The summed E-state index contributed by atoms with van der Waals surface area (Å²) in [5, 5.41) is 48.8. The van der Waals surface area contributed by atoms with Crippen molar-refractivity contribution in [3.63, 3.8) is 0 Å². The van der Waals surface area contributed by atoms with Crippen LogP contribution in [0, 0.1) is 23.7 Å². The summed E-state index contributed by atoms with van der Waals surface area (Å²) in [5.41, 5.74) is 18.7. The van der Waals surface area contributed by atoms with E-state index in [9.17, 15) is 77.3 Å². The maximum atomic E-state index is 14.6. The number of carbonyl (C=O) groups excluding carboxylic acids is 12. The van der Waals surface area contributed by atoms with Crippen LogP contribution < -0.4 is 75.7 Å². The Labute approximate surface area is 579 Å². The maximum absolute atomic E-state index is 14.6. The number of unbranched alkanes of at least 4 members (excludes halogenated alkanes) is 1. The molecule has 3 heterocycles. The highest BCUT2D eigenvalue weighted by atomic mass is 32.2. The van der Waals surface area contributed by atoms with Crippen LogP contribution in [0.5, 0.6) is 0 Å². The predicted molar refractivity (Wildman–Crippen MR) is 365 cm³/mol. The van der Waals surface area contributed by atoms with E-state index in [4.69, 9.17) is 17.2 Å². The minimum absolute atomic E-state index is 0.000511. The number of primary amides is 1. The van der Waals surface area contributed by atoms with Crippen molar-refractivity contribution in [3.05, 3.63) is 54.1 Å². The highest BCUT2D eigenvalue weighted by Crippen LogP contribution is 2.25. The van der Waals surface area contributed by atoms with Crippen molar-refractivity contribution in [1.82, 2.24) is 68.5 Å². The van der Waals surface area contributed by atoms with Gasteiger partial charge in [0.25, 0.3) is 0 Å². The number of H-pyrrole nitrogens is 1. The summed E-state index contributed by atoms with van der Waals surface area (Å²) < 4.78 is 0.